The van der Waals surface area contributed by atoms with Crippen molar-refractivity contribution >= 4 is 23.3 Å². The second kappa shape index (κ2) is 11.8. The monoisotopic (exact) mass is 438 g/mol. The van der Waals surface area contributed by atoms with E-state index in [-0.39, 0.29) is 30.8 Å². The van der Waals surface area contributed by atoms with Crippen molar-refractivity contribution in [2.75, 3.05) is 19.8 Å². The minimum atomic E-state index is -1.82. The van der Waals surface area contributed by atoms with Crippen LogP contribution in [0.15, 0.2) is 73.3 Å². The van der Waals surface area contributed by atoms with Crippen molar-refractivity contribution in [1.82, 2.24) is 0 Å². The third-order valence-electron chi connectivity index (χ3n) is 5.13. The van der Waals surface area contributed by atoms with Crippen molar-refractivity contribution in [3.63, 3.8) is 0 Å². The van der Waals surface area contributed by atoms with E-state index in [0.717, 1.165) is 0 Å². The molecule has 1 N–H and O–H groups in total. The van der Waals surface area contributed by atoms with Gasteiger partial charge >= 0.3 is 5.97 Å². The maximum absolute atomic E-state index is 12.8. The molecule has 0 spiro atoms. The van der Waals surface area contributed by atoms with Gasteiger partial charge in [-0.25, -0.2) is 4.79 Å². The van der Waals surface area contributed by atoms with E-state index in [4.69, 9.17) is 9.47 Å². The molecule has 2 rings (SSSR count). The lowest BCUT2D eigenvalue weighted by atomic mass is 9.77. The third-order valence-corrected chi connectivity index (χ3v) is 5.13. The molecule has 2 aromatic carbocycles. The summed E-state index contributed by atoms with van der Waals surface area (Å²) in [6, 6.07) is 15.7. The van der Waals surface area contributed by atoms with Gasteiger partial charge in [-0.1, -0.05) is 73.7 Å². The van der Waals surface area contributed by atoms with Crippen LogP contribution in [0.2, 0.25) is 0 Å². The molecule has 0 aromatic heterocycles. The average Bonchev–Trinajstić information content (AvgIpc) is 2.85. The maximum atomic E-state index is 12.8. The molecule has 0 radical (unpaired) electrons. The number of hydrogen-bond donors (Lipinski definition) is 1. The zero-order chi connectivity index (χ0) is 23.6. The van der Waals surface area contributed by atoms with Gasteiger partial charge in [0, 0.05) is 11.1 Å². The van der Waals surface area contributed by atoms with Gasteiger partial charge in [-0.15, -0.1) is 6.58 Å². The first-order valence-electron chi connectivity index (χ1n) is 10.1. The van der Waals surface area contributed by atoms with Crippen LogP contribution in [0.5, 0.6) is 0 Å². The molecule has 0 aliphatic carbocycles. The standard InChI is InChI=1S/C25H26O7/c1-3-15-31-16-25(4-2,17-32-24(30)21(27)19-13-9-6-10-14-19)23(29)22(28)20(26)18-11-7-5-8-12-18/h3,5-14,23,29H,1,4,15-17H2,2H3. The molecule has 2 atom stereocenters. The number of Topliss-reactive ketones (excluding diaryl/α,β-unsaturated/α-hetero) is 3. The zero-order valence-electron chi connectivity index (χ0n) is 17.9. The highest BCUT2D eigenvalue weighted by atomic mass is 16.5. The largest absolute Gasteiger partial charge is 0.459 e. The predicted octanol–water partition coefficient (Wildman–Crippen LogP) is 2.82. The Balaban J connectivity index is 2.22. The Kier molecular flexibility index (Phi) is 9.19. The normalized spacial score (nSPS) is 13.4. The van der Waals surface area contributed by atoms with Crippen LogP contribution in [0.25, 0.3) is 0 Å². The van der Waals surface area contributed by atoms with Crippen LogP contribution in [0.3, 0.4) is 0 Å². The van der Waals surface area contributed by atoms with E-state index in [1.54, 1.807) is 43.3 Å². The Morgan fingerprint density at radius 1 is 0.938 bits per heavy atom. The average molecular weight is 438 g/mol. The molecule has 168 valence electrons. The summed E-state index contributed by atoms with van der Waals surface area (Å²) in [7, 11) is 0. The molecule has 7 heteroatoms. The fourth-order valence-corrected chi connectivity index (χ4v) is 3.06. The quantitative estimate of drug-likeness (QED) is 0.168. The molecular weight excluding hydrogens is 412 g/mol. The summed E-state index contributed by atoms with van der Waals surface area (Å²) in [5, 5.41) is 10.9. The summed E-state index contributed by atoms with van der Waals surface area (Å²) in [6.07, 6.45) is -0.203. The molecule has 0 aliphatic heterocycles. The number of ketones is 3. The fourth-order valence-electron chi connectivity index (χ4n) is 3.06. The predicted molar refractivity (Wildman–Crippen MR) is 117 cm³/mol. The van der Waals surface area contributed by atoms with Crippen LogP contribution in [0.1, 0.15) is 34.1 Å². The number of carbonyl (C=O) groups excluding carboxylic acids is 4. The fraction of sp³-hybridized carbons (Fsp3) is 0.280. The van der Waals surface area contributed by atoms with Crippen LogP contribution in [0, 0.1) is 5.41 Å². The Bertz CT molecular complexity index is 953. The molecule has 0 saturated carbocycles. The van der Waals surface area contributed by atoms with Crippen molar-refractivity contribution in [3.8, 4) is 0 Å². The van der Waals surface area contributed by atoms with E-state index in [0.29, 0.717) is 0 Å². The maximum Gasteiger partial charge on any atom is 0.379 e. The number of esters is 1. The lowest BCUT2D eigenvalue weighted by Crippen LogP contribution is -2.50. The topological polar surface area (TPSA) is 107 Å². The van der Waals surface area contributed by atoms with Gasteiger partial charge in [0.25, 0.3) is 5.78 Å². The number of carbonyl (C=O) groups is 4. The van der Waals surface area contributed by atoms with Gasteiger partial charge in [0.05, 0.1) is 18.6 Å². The highest BCUT2D eigenvalue weighted by Crippen LogP contribution is 2.30. The van der Waals surface area contributed by atoms with E-state index in [9.17, 15) is 24.3 Å². The summed E-state index contributed by atoms with van der Waals surface area (Å²) in [4.78, 5) is 50.0. The van der Waals surface area contributed by atoms with Gasteiger partial charge < -0.3 is 14.6 Å². The summed E-state index contributed by atoms with van der Waals surface area (Å²) in [6.45, 7) is 4.63. The Hall–Kier alpha value is -3.42. The van der Waals surface area contributed by atoms with Crippen molar-refractivity contribution in [2.24, 2.45) is 5.41 Å². The van der Waals surface area contributed by atoms with Crippen molar-refractivity contribution < 1.29 is 33.8 Å². The minimum absolute atomic E-state index is 0.117. The zero-order valence-corrected chi connectivity index (χ0v) is 17.9. The van der Waals surface area contributed by atoms with Gasteiger partial charge in [0.15, 0.2) is 0 Å². The van der Waals surface area contributed by atoms with Gasteiger partial charge in [-0.2, -0.15) is 0 Å². The smallest absolute Gasteiger partial charge is 0.379 e. The number of aliphatic hydroxyl groups is 1. The molecule has 0 heterocycles. The molecule has 32 heavy (non-hydrogen) atoms. The van der Waals surface area contributed by atoms with Crippen LogP contribution in [-0.2, 0) is 19.1 Å². The summed E-state index contributed by atoms with van der Waals surface area (Å²) < 4.78 is 10.6. The van der Waals surface area contributed by atoms with E-state index >= 15 is 0 Å². The molecule has 0 saturated heterocycles. The van der Waals surface area contributed by atoms with Crippen molar-refractivity contribution in [2.45, 2.75) is 19.4 Å². The number of benzene rings is 2. The van der Waals surface area contributed by atoms with E-state index in [1.165, 1.54) is 30.3 Å². The SMILES string of the molecule is C=CCOCC(CC)(COC(=O)C(=O)c1ccccc1)C(O)C(=O)C(=O)c1ccccc1. The molecule has 0 aliphatic rings. The Labute approximate surface area is 186 Å². The molecule has 7 nitrogen and oxygen atoms in total. The number of aliphatic hydroxyl groups excluding tert-OH is 1. The molecular formula is C25H26O7. The first kappa shape index (κ1) is 24.8. The lowest BCUT2D eigenvalue weighted by Gasteiger charge is -2.35. The van der Waals surface area contributed by atoms with E-state index in [2.05, 4.69) is 6.58 Å². The molecule has 2 unspecified atom stereocenters. The summed E-state index contributed by atoms with van der Waals surface area (Å²) in [5.74, 6) is -3.91. The van der Waals surface area contributed by atoms with Crippen LogP contribution in [0.4, 0.5) is 0 Å². The van der Waals surface area contributed by atoms with Gasteiger partial charge in [0.1, 0.15) is 12.7 Å². The molecule has 2 aromatic rings. The first-order chi connectivity index (χ1) is 15.4. The number of ether oxygens (including phenoxy) is 2. The van der Waals surface area contributed by atoms with E-state index in [1.807, 2.05) is 0 Å². The van der Waals surface area contributed by atoms with Crippen molar-refractivity contribution in [3.05, 3.63) is 84.4 Å². The van der Waals surface area contributed by atoms with Crippen LogP contribution in [-0.4, -0.2) is 54.4 Å². The summed E-state index contributed by atoms with van der Waals surface area (Å²) >= 11 is 0. The second-order valence-electron chi connectivity index (χ2n) is 7.25. The second-order valence-corrected chi connectivity index (χ2v) is 7.25. The van der Waals surface area contributed by atoms with E-state index < -0.39 is 41.4 Å². The lowest BCUT2D eigenvalue weighted by molar-refractivity contribution is -0.154. The highest BCUT2D eigenvalue weighted by Gasteiger charge is 2.45. The molecule has 0 fully saturated rings. The van der Waals surface area contributed by atoms with Crippen LogP contribution < -0.4 is 0 Å². The number of rotatable bonds is 13. The van der Waals surface area contributed by atoms with Gasteiger partial charge in [0.2, 0.25) is 11.6 Å². The molecule has 0 bridgehead atoms. The number of hydrogen-bond acceptors (Lipinski definition) is 7. The summed E-state index contributed by atoms with van der Waals surface area (Å²) in [5.41, 5.74) is -1.15. The Morgan fingerprint density at radius 3 is 1.97 bits per heavy atom. The van der Waals surface area contributed by atoms with Crippen LogP contribution >= 0.6 is 0 Å². The molecule has 0 amide bonds. The van der Waals surface area contributed by atoms with Crippen molar-refractivity contribution in [1.29, 1.82) is 0 Å². The van der Waals surface area contributed by atoms with Gasteiger partial charge in [-0.3, -0.25) is 14.4 Å². The van der Waals surface area contributed by atoms with Gasteiger partial charge in [-0.05, 0) is 6.42 Å². The minimum Gasteiger partial charge on any atom is -0.459 e. The third kappa shape index (κ3) is 6.06. The first-order valence-corrected chi connectivity index (χ1v) is 10.1. The Morgan fingerprint density at radius 2 is 1.47 bits per heavy atom. The highest BCUT2D eigenvalue weighted by molar-refractivity contribution is 6.45.